The smallest absolute Gasteiger partial charge is 0.310 e. The Morgan fingerprint density at radius 2 is 0.553 bits per heavy atom. The fourth-order valence-corrected chi connectivity index (χ4v) is 8.61. The van der Waals surface area contributed by atoms with Crippen molar-refractivity contribution in [2.45, 2.75) is 290 Å². The molecule has 76 heavy (non-hydrogen) atoms. The fourth-order valence-electron chi connectivity index (χ4n) is 8.61. The number of rotatable bonds is 56. The van der Waals surface area contributed by atoms with Gasteiger partial charge in [0.15, 0.2) is 6.10 Å². The molecule has 0 N–H and O–H groups in total. The van der Waals surface area contributed by atoms with Crippen molar-refractivity contribution in [2.24, 2.45) is 0 Å². The van der Waals surface area contributed by atoms with E-state index < -0.39 is 12.1 Å². The predicted molar refractivity (Wildman–Crippen MR) is 330 cm³/mol. The third-order valence-electron chi connectivity index (χ3n) is 13.2. The Morgan fingerprint density at radius 3 is 0.868 bits per heavy atom. The maximum atomic E-state index is 12.8. The third-order valence-corrected chi connectivity index (χ3v) is 13.2. The second-order valence-corrected chi connectivity index (χ2v) is 20.6. The van der Waals surface area contributed by atoms with Crippen LogP contribution in [-0.4, -0.2) is 37.2 Å². The molecular formula is C70H116O6. The lowest BCUT2D eigenvalue weighted by Gasteiger charge is -2.18. The maximum absolute atomic E-state index is 12.8. The molecule has 0 rings (SSSR count). The van der Waals surface area contributed by atoms with Crippen LogP contribution in [0.25, 0.3) is 0 Å². The minimum Gasteiger partial charge on any atom is -0.462 e. The second kappa shape index (κ2) is 63.3. The van der Waals surface area contributed by atoms with Gasteiger partial charge in [-0.15, -0.1) is 0 Å². The summed E-state index contributed by atoms with van der Waals surface area (Å²) in [7, 11) is 0. The zero-order valence-electron chi connectivity index (χ0n) is 49.5. The average molecular weight is 1050 g/mol. The minimum atomic E-state index is -0.834. The highest BCUT2D eigenvalue weighted by Crippen LogP contribution is 2.16. The number of carbonyl (C=O) groups is 3. The Balaban J connectivity index is 4.32. The van der Waals surface area contributed by atoms with E-state index in [1.54, 1.807) is 6.08 Å². The van der Waals surface area contributed by atoms with E-state index in [4.69, 9.17) is 14.2 Å². The van der Waals surface area contributed by atoms with Gasteiger partial charge < -0.3 is 14.2 Å². The van der Waals surface area contributed by atoms with Crippen LogP contribution < -0.4 is 0 Å². The van der Waals surface area contributed by atoms with Gasteiger partial charge in [-0.3, -0.25) is 14.4 Å². The van der Waals surface area contributed by atoms with Crippen LogP contribution >= 0.6 is 0 Å². The van der Waals surface area contributed by atoms with Crippen molar-refractivity contribution in [1.82, 2.24) is 0 Å². The number of carbonyl (C=O) groups excluding carboxylic acids is 3. The highest BCUT2D eigenvalue weighted by molar-refractivity contribution is 5.72. The van der Waals surface area contributed by atoms with Crippen LogP contribution in [0.3, 0.4) is 0 Å². The number of hydrogen-bond acceptors (Lipinski definition) is 6. The molecule has 0 aromatic carbocycles. The van der Waals surface area contributed by atoms with E-state index in [1.165, 1.54) is 141 Å². The van der Waals surface area contributed by atoms with Crippen molar-refractivity contribution in [3.8, 4) is 0 Å². The van der Waals surface area contributed by atoms with Crippen molar-refractivity contribution in [2.75, 3.05) is 13.2 Å². The standard InChI is InChI=1S/C70H116O6/c1-4-7-10-13-16-19-22-25-28-29-30-31-32-33-34-35-36-37-38-39-40-41-43-45-48-51-54-57-60-63-69(72)75-66-67(65-74-68(71)62-59-56-53-50-47-44-27-24-21-18-15-12-9-6-3)76-70(73)64-61-58-55-52-49-46-42-26-23-20-17-14-11-8-5-2/h7-8,10-11,16-17,19-20,25-26,28,30-31,33-34,42,49,52,58,61,67H,4-6,9,12-15,18,21-24,27,29,32,35-41,43-48,50-51,53-57,59-60,62-66H2,1-3H3/b10-7-,11-8-,19-16-,20-17-,28-25-,31-30-,34-33-,42-26-,52-49-,61-58-. The van der Waals surface area contributed by atoms with Crippen molar-refractivity contribution < 1.29 is 28.6 Å². The Kier molecular flexibility index (Phi) is 59.9. The largest absolute Gasteiger partial charge is 0.462 e. The van der Waals surface area contributed by atoms with E-state index in [2.05, 4.69) is 130 Å². The SMILES string of the molecule is CC/C=C\C/C=C\C/C=C\C/C=C\C/C=C\CCCCCCCCCCCCCCCC(=O)OCC(COC(=O)CCCCCCCCCCCCCCCC)OC(=O)C/C=C\C/C=C\C/C=C\C/C=C\C/C=C\CC. The average Bonchev–Trinajstić information content (AvgIpc) is 3.42. The lowest BCUT2D eigenvalue weighted by atomic mass is 10.0. The summed E-state index contributed by atoms with van der Waals surface area (Å²) in [4.78, 5) is 38.2. The van der Waals surface area contributed by atoms with Gasteiger partial charge in [0.1, 0.15) is 13.2 Å². The molecule has 0 spiro atoms. The molecule has 0 radical (unpaired) electrons. The summed E-state index contributed by atoms with van der Waals surface area (Å²) in [6, 6.07) is 0. The fraction of sp³-hybridized carbons (Fsp3) is 0.671. The number of unbranched alkanes of at least 4 members (excludes halogenated alkanes) is 26. The summed E-state index contributed by atoms with van der Waals surface area (Å²) >= 11 is 0. The van der Waals surface area contributed by atoms with Gasteiger partial charge in [-0.25, -0.2) is 0 Å². The van der Waals surface area contributed by atoms with Gasteiger partial charge in [0.25, 0.3) is 0 Å². The molecule has 6 nitrogen and oxygen atoms in total. The summed E-state index contributed by atoms with van der Waals surface area (Å²) in [6.07, 6.45) is 88.1. The van der Waals surface area contributed by atoms with Gasteiger partial charge >= 0.3 is 17.9 Å². The third kappa shape index (κ3) is 60.7. The maximum Gasteiger partial charge on any atom is 0.310 e. The topological polar surface area (TPSA) is 78.9 Å². The summed E-state index contributed by atoms with van der Waals surface area (Å²) in [5.74, 6) is -1.04. The molecule has 0 aromatic rings. The van der Waals surface area contributed by atoms with Crippen molar-refractivity contribution >= 4 is 17.9 Å². The van der Waals surface area contributed by atoms with E-state index in [-0.39, 0.29) is 31.6 Å². The zero-order valence-corrected chi connectivity index (χ0v) is 49.5. The molecule has 0 amide bonds. The molecule has 0 fully saturated rings. The lowest BCUT2D eigenvalue weighted by Crippen LogP contribution is -2.30. The van der Waals surface area contributed by atoms with Crippen LogP contribution in [0.1, 0.15) is 284 Å². The number of esters is 3. The van der Waals surface area contributed by atoms with Crippen LogP contribution in [0.15, 0.2) is 122 Å². The normalized spacial score (nSPS) is 12.9. The van der Waals surface area contributed by atoms with Crippen LogP contribution in [0.5, 0.6) is 0 Å². The first-order chi connectivity index (χ1) is 37.5. The Labute approximate surface area is 469 Å². The molecule has 6 heteroatoms. The quantitative estimate of drug-likeness (QED) is 0.0261. The first-order valence-corrected chi connectivity index (χ1v) is 31.5. The van der Waals surface area contributed by atoms with Gasteiger partial charge in [0.2, 0.25) is 0 Å². The first kappa shape index (κ1) is 71.8. The van der Waals surface area contributed by atoms with Crippen LogP contribution in [0, 0.1) is 0 Å². The summed E-state index contributed by atoms with van der Waals surface area (Å²) in [6.45, 7) is 6.34. The van der Waals surface area contributed by atoms with Crippen LogP contribution in [0.4, 0.5) is 0 Å². The monoisotopic (exact) mass is 1050 g/mol. The lowest BCUT2D eigenvalue weighted by molar-refractivity contribution is -0.166. The van der Waals surface area contributed by atoms with Gasteiger partial charge in [0.05, 0.1) is 6.42 Å². The van der Waals surface area contributed by atoms with Crippen molar-refractivity contribution in [3.63, 3.8) is 0 Å². The molecule has 0 saturated heterocycles. The summed E-state index contributed by atoms with van der Waals surface area (Å²) in [5, 5.41) is 0. The van der Waals surface area contributed by atoms with Gasteiger partial charge in [-0.05, 0) is 89.9 Å². The highest BCUT2D eigenvalue weighted by atomic mass is 16.6. The molecule has 0 saturated carbocycles. The molecule has 432 valence electrons. The molecule has 0 heterocycles. The first-order valence-electron chi connectivity index (χ1n) is 31.5. The van der Waals surface area contributed by atoms with Crippen LogP contribution in [-0.2, 0) is 28.6 Å². The number of ether oxygens (including phenoxy) is 3. The van der Waals surface area contributed by atoms with Crippen molar-refractivity contribution in [3.05, 3.63) is 122 Å². The highest BCUT2D eigenvalue weighted by Gasteiger charge is 2.19. The second-order valence-electron chi connectivity index (χ2n) is 20.6. The predicted octanol–water partition coefficient (Wildman–Crippen LogP) is 21.6. The molecule has 0 aromatic heterocycles. The summed E-state index contributed by atoms with van der Waals surface area (Å²) in [5.41, 5.74) is 0. The van der Waals surface area contributed by atoms with Gasteiger partial charge in [-0.1, -0.05) is 296 Å². The van der Waals surface area contributed by atoms with E-state index >= 15 is 0 Å². The molecule has 1 unspecified atom stereocenters. The Bertz CT molecular complexity index is 1590. The molecule has 0 aliphatic heterocycles. The Morgan fingerprint density at radius 1 is 0.289 bits per heavy atom. The number of allylic oxidation sites excluding steroid dienone is 19. The zero-order chi connectivity index (χ0) is 55.0. The molecule has 0 bridgehead atoms. The van der Waals surface area contributed by atoms with Gasteiger partial charge in [-0.2, -0.15) is 0 Å². The van der Waals surface area contributed by atoms with Crippen molar-refractivity contribution in [1.29, 1.82) is 0 Å². The van der Waals surface area contributed by atoms with E-state index in [0.29, 0.717) is 12.8 Å². The molecular weight excluding hydrogens is 937 g/mol. The van der Waals surface area contributed by atoms with E-state index in [1.807, 2.05) is 6.08 Å². The summed E-state index contributed by atoms with van der Waals surface area (Å²) < 4.78 is 16.8. The van der Waals surface area contributed by atoms with E-state index in [9.17, 15) is 14.4 Å². The molecule has 0 aliphatic rings. The number of hydrogen-bond donors (Lipinski definition) is 0. The molecule has 0 aliphatic carbocycles. The van der Waals surface area contributed by atoms with Gasteiger partial charge in [0, 0.05) is 12.8 Å². The van der Waals surface area contributed by atoms with E-state index in [0.717, 1.165) is 103 Å². The van der Waals surface area contributed by atoms with Crippen LogP contribution in [0.2, 0.25) is 0 Å². The Hall–Kier alpha value is -4.19. The minimum absolute atomic E-state index is 0.0957. The molecule has 1 atom stereocenters.